The molecule has 8 heteroatoms. The summed E-state index contributed by atoms with van der Waals surface area (Å²) in [7, 11) is -2.67. The average molecular weight is 327 g/mol. The van der Waals surface area contributed by atoms with Gasteiger partial charge in [-0.15, -0.1) is 0 Å². The molecule has 1 N–H and O–H groups in total. The molecule has 1 aliphatic carbocycles. The molecule has 1 aromatic rings. The van der Waals surface area contributed by atoms with Crippen molar-refractivity contribution in [1.29, 1.82) is 0 Å². The maximum Gasteiger partial charge on any atom is 0.335 e. The summed E-state index contributed by atoms with van der Waals surface area (Å²) < 4.78 is 31.2. The van der Waals surface area contributed by atoms with E-state index in [-0.39, 0.29) is 17.1 Å². The number of carbonyl (C=O) groups excluding carboxylic acids is 1. The van der Waals surface area contributed by atoms with Crippen LogP contribution in [0.4, 0.5) is 0 Å². The summed E-state index contributed by atoms with van der Waals surface area (Å²) in [5, 5.41) is 8.96. The molecule has 0 radical (unpaired) electrons. The van der Waals surface area contributed by atoms with E-state index in [0.717, 1.165) is 10.4 Å². The average Bonchev–Trinajstić information content (AvgIpc) is 3.28. The van der Waals surface area contributed by atoms with Gasteiger partial charge in [0, 0.05) is 7.05 Å². The third-order valence-electron chi connectivity index (χ3n) is 3.72. The van der Waals surface area contributed by atoms with Crippen molar-refractivity contribution >= 4 is 22.0 Å². The predicted octanol–water partition coefficient (Wildman–Crippen LogP) is 1.10. The van der Waals surface area contributed by atoms with Crippen LogP contribution in [0.5, 0.6) is 0 Å². The highest BCUT2D eigenvalue weighted by Crippen LogP contribution is 2.44. The number of aromatic carboxylic acids is 1. The number of likely N-dealkylation sites (N-methyl/N-ethyl adjacent to an activating group) is 1. The standard InChI is InChI=1S/C14H17NO6S/c1-3-21-13(18)14(7-8-14)15(2)22(19,20)11-6-4-5-10(9-11)12(16)17/h4-6,9H,3,7-8H2,1-2H3,(H,16,17). The fourth-order valence-electron chi connectivity index (χ4n) is 2.21. The number of carboxylic acid groups (broad SMARTS) is 1. The van der Waals surface area contributed by atoms with Gasteiger partial charge in [0.15, 0.2) is 0 Å². The molecule has 1 aliphatic rings. The van der Waals surface area contributed by atoms with Crippen molar-refractivity contribution in [3.8, 4) is 0 Å². The SMILES string of the molecule is CCOC(=O)C1(N(C)S(=O)(=O)c2cccc(C(=O)O)c2)CC1. The first kappa shape index (κ1) is 16.4. The molecule has 0 saturated heterocycles. The Morgan fingerprint density at radius 1 is 1.36 bits per heavy atom. The van der Waals surface area contributed by atoms with Crippen LogP contribution in [-0.2, 0) is 19.6 Å². The largest absolute Gasteiger partial charge is 0.478 e. The maximum atomic E-state index is 12.6. The van der Waals surface area contributed by atoms with Crippen molar-refractivity contribution in [1.82, 2.24) is 4.31 Å². The monoisotopic (exact) mass is 327 g/mol. The summed E-state index contributed by atoms with van der Waals surface area (Å²) in [6.07, 6.45) is 0.778. The van der Waals surface area contributed by atoms with Crippen molar-refractivity contribution in [2.75, 3.05) is 13.7 Å². The molecule has 0 heterocycles. The molecule has 1 aromatic carbocycles. The fourth-order valence-corrected chi connectivity index (χ4v) is 3.77. The van der Waals surface area contributed by atoms with E-state index < -0.39 is 27.5 Å². The van der Waals surface area contributed by atoms with Gasteiger partial charge in [0.05, 0.1) is 17.1 Å². The lowest BCUT2D eigenvalue weighted by atomic mass is 10.2. The third-order valence-corrected chi connectivity index (χ3v) is 5.64. The molecule has 22 heavy (non-hydrogen) atoms. The summed E-state index contributed by atoms with van der Waals surface area (Å²) in [6, 6.07) is 5.04. The Hall–Kier alpha value is -1.93. The van der Waals surface area contributed by atoms with Crippen LogP contribution in [0.25, 0.3) is 0 Å². The molecule has 1 fully saturated rings. The van der Waals surface area contributed by atoms with Crippen LogP contribution in [0, 0.1) is 0 Å². The number of nitrogens with zero attached hydrogens (tertiary/aromatic N) is 1. The number of carbonyl (C=O) groups is 2. The Labute approximate surface area is 128 Å². The zero-order valence-corrected chi connectivity index (χ0v) is 13.1. The lowest BCUT2D eigenvalue weighted by Crippen LogP contribution is -2.45. The van der Waals surface area contributed by atoms with E-state index in [1.165, 1.54) is 25.2 Å². The number of rotatable bonds is 6. The van der Waals surface area contributed by atoms with Crippen molar-refractivity contribution in [3.05, 3.63) is 29.8 Å². The highest BCUT2D eigenvalue weighted by Gasteiger charge is 2.58. The Balaban J connectivity index is 2.36. The minimum Gasteiger partial charge on any atom is -0.478 e. The number of hydrogen-bond donors (Lipinski definition) is 1. The number of sulfonamides is 1. The van der Waals surface area contributed by atoms with E-state index in [0.29, 0.717) is 12.8 Å². The third kappa shape index (κ3) is 2.71. The van der Waals surface area contributed by atoms with E-state index in [1.807, 2.05) is 0 Å². The Morgan fingerprint density at radius 3 is 2.50 bits per heavy atom. The number of hydrogen-bond acceptors (Lipinski definition) is 5. The van der Waals surface area contributed by atoms with Crippen LogP contribution in [-0.4, -0.2) is 49.0 Å². The molecule has 0 amide bonds. The van der Waals surface area contributed by atoms with Crippen molar-refractivity contribution in [2.24, 2.45) is 0 Å². The molecule has 1 saturated carbocycles. The second-order valence-electron chi connectivity index (χ2n) is 5.06. The molecule has 7 nitrogen and oxygen atoms in total. The highest BCUT2D eigenvalue weighted by molar-refractivity contribution is 7.89. The molecule has 2 rings (SSSR count). The molecular weight excluding hydrogens is 310 g/mol. The minimum atomic E-state index is -3.98. The topological polar surface area (TPSA) is 101 Å². The normalized spacial score (nSPS) is 16.3. The van der Waals surface area contributed by atoms with E-state index in [2.05, 4.69) is 0 Å². The summed E-state index contributed by atoms with van der Waals surface area (Å²) >= 11 is 0. The van der Waals surface area contributed by atoms with Crippen LogP contribution in [0.3, 0.4) is 0 Å². The minimum absolute atomic E-state index is 0.129. The van der Waals surface area contributed by atoms with E-state index in [1.54, 1.807) is 6.92 Å². The summed E-state index contributed by atoms with van der Waals surface area (Å²) in [4.78, 5) is 22.8. The van der Waals surface area contributed by atoms with Crippen molar-refractivity contribution in [3.63, 3.8) is 0 Å². The molecular formula is C14H17NO6S. The van der Waals surface area contributed by atoms with Gasteiger partial charge in [-0.3, -0.25) is 4.79 Å². The van der Waals surface area contributed by atoms with E-state index >= 15 is 0 Å². The molecule has 0 spiro atoms. The first-order valence-electron chi connectivity index (χ1n) is 6.75. The quantitative estimate of drug-likeness (QED) is 0.785. The van der Waals surface area contributed by atoms with Gasteiger partial charge in [-0.25, -0.2) is 13.2 Å². The first-order chi connectivity index (χ1) is 10.3. The smallest absolute Gasteiger partial charge is 0.335 e. The second kappa shape index (κ2) is 5.69. The summed E-state index contributed by atoms with van der Waals surface area (Å²) in [5.41, 5.74) is -1.30. The number of benzene rings is 1. The first-order valence-corrected chi connectivity index (χ1v) is 8.19. The van der Waals surface area contributed by atoms with Crippen molar-refractivity contribution < 1.29 is 27.9 Å². The van der Waals surface area contributed by atoms with Gasteiger partial charge < -0.3 is 9.84 Å². The van der Waals surface area contributed by atoms with Gasteiger partial charge in [-0.05, 0) is 38.0 Å². The zero-order chi connectivity index (χ0) is 16.5. The Morgan fingerprint density at radius 2 is 2.00 bits per heavy atom. The lowest BCUT2D eigenvalue weighted by molar-refractivity contribution is -0.148. The summed E-state index contributed by atoms with van der Waals surface area (Å²) in [6.45, 7) is 1.82. The highest BCUT2D eigenvalue weighted by atomic mass is 32.2. The number of esters is 1. The second-order valence-corrected chi connectivity index (χ2v) is 7.03. The van der Waals surface area contributed by atoms with Gasteiger partial charge in [-0.2, -0.15) is 4.31 Å². The molecule has 0 aliphatic heterocycles. The molecule has 0 aromatic heterocycles. The van der Waals surface area contributed by atoms with Gasteiger partial charge in [0.25, 0.3) is 0 Å². The Kier molecular flexibility index (Phi) is 4.25. The number of ether oxygens (including phenoxy) is 1. The molecule has 0 unspecified atom stereocenters. The van der Waals surface area contributed by atoms with Gasteiger partial charge in [0.1, 0.15) is 5.54 Å². The van der Waals surface area contributed by atoms with Gasteiger partial charge >= 0.3 is 11.9 Å². The van der Waals surface area contributed by atoms with Crippen LogP contribution in [0.1, 0.15) is 30.1 Å². The summed E-state index contributed by atoms with van der Waals surface area (Å²) in [5.74, 6) is -1.79. The molecule has 120 valence electrons. The van der Waals surface area contributed by atoms with Crippen LogP contribution in [0.15, 0.2) is 29.2 Å². The van der Waals surface area contributed by atoms with E-state index in [9.17, 15) is 18.0 Å². The zero-order valence-electron chi connectivity index (χ0n) is 12.3. The maximum absolute atomic E-state index is 12.6. The number of carboxylic acids is 1. The van der Waals surface area contributed by atoms with E-state index in [4.69, 9.17) is 9.84 Å². The predicted molar refractivity (Wildman–Crippen MR) is 76.9 cm³/mol. The molecule has 0 bridgehead atoms. The van der Waals surface area contributed by atoms with Crippen LogP contribution < -0.4 is 0 Å². The van der Waals surface area contributed by atoms with Gasteiger partial charge in [-0.1, -0.05) is 6.07 Å². The molecule has 0 atom stereocenters. The lowest BCUT2D eigenvalue weighted by Gasteiger charge is -2.25. The van der Waals surface area contributed by atoms with Crippen LogP contribution >= 0.6 is 0 Å². The Bertz CT molecular complexity index is 708. The fraction of sp³-hybridized carbons (Fsp3) is 0.429. The van der Waals surface area contributed by atoms with Crippen LogP contribution in [0.2, 0.25) is 0 Å². The van der Waals surface area contributed by atoms with Gasteiger partial charge in [0.2, 0.25) is 10.0 Å². The van der Waals surface area contributed by atoms with Crippen molar-refractivity contribution in [2.45, 2.75) is 30.2 Å².